The van der Waals surface area contributed by atoms with Crippen LogP contribution >= 0.6 is 0 Å². The van der Waals surface area contributed by atoms with Gasteiger partial charge in [-0.2, -0.15) is 5.10 Å². The van der Waals surface area contributed by atoms with Crippen LogP contribution in [0.25, 0.3) is 0 Å². The van der Waals surface area contributed by atoms with Crippen molar-refractivity contribution in [1.29, 1.82) is 0 Å². The Balaban J connectivity index is 2.52. The van der Waals surface area contributed by atoms with Crippen molar-refractivity contribution in [3.8, 4) is 0 Å². The predicted octanol–water partition coefficient (Wildman–Crippen LogP) is 3.62. The van der Waals surface area contributed by atoms with Crippen molar-refractivity contribution in [2.75, 3.05) is 5.32 Å². The van der Waals surface area contributed by atoms with Gasteiger partial charge in [-0.15, -0.1) is 6.58 Å². The van der Waals surface area contributed by atoms with E-state index in [-0.39, 0.29) is 0 Å². The molecule has 0 aliphatic rings. The minimum absolute atomic E-state index is 0.420. The minimum atomic E-state index is 0.420. The predicted molar refractivity (Wildman–Crippen MR) is 69.7 cm³/mol. The Hall–Kier alpha value is -1.25. The maximum absolute atomic E-state index is 4.32. The van der Waals surface area contributed by atoms with Crippen molar-refractivity contribution >= 4 is 5.69 Å². The lowest BCUT2D eigenvalue weighted by Gasteiger charge is -2.15. The van der Waals surface area contributed by atoms with Crippen molar-refractivity contribution in [2.24, 2.45) is 0 Å². The highest BCUT2D eigenvalue weighted by Gasteiger charge is 2.07. The van der Waals surface area contributed by atoms with Crippen molar-refractivity contribution in [2.45, 2.75) is 52.1 Å². The van der Waals surface area contributed by atoms with Gasteiger partial charge in [0.15, 0.2) is 0 Å². The Morgan fingerprint density at radius 2 is 2.31 bits per heavy atom. The van der Waals surface area contributed by atoms with Gasteiger partial charge in [-0.05, 0) is 33.1 Å². The van der Waals surface area contributed by atoms with Crippen LogP contribution in [0, 0.1) is 0 Å². The normalized spacial score (nSPS) is 12.8. The molecular formula is C13H23N3. The number of hydrogen-bond acceptors (Lipinski definition) is 2. The van der Waals surface area contributed by atoms with Crippen LogP contribution in [0.4, 0.5) is 5.69 Å². The van der Waals surface area contributed by atoms with Crippen molar-refractivity contribution in [3.63, 3.8) is 0 Å². The molecule has 0 aliphatic heterocycles. The van der Waals surface area contributed by atoms with Gasteiger partial charge in [-0.3, -0.25) is 4.68 Å². The molecule has 1 aromatic rings. The SMILES string of the molecule is C=CCCC(CC)Nc1cnn(C(C)C)c1. The molecule has 0 saturated carbocycles. The van der Waals surface area contributed by atoms with E-state index in [1.54, 1.807) is 0 Å². The highest BCUT2D eigenvalue weighted by Crippen LogP contribution is 2.14. The third-order valence-corrected chi connectivity index (χ3v) is 2.71. The average molecular weight is 221 g/mol. The summed E-state index contributed by atoms with van der Waals surface area (Å²) in [4.78, 5) is 0. The zero-order valence-corrected chi connectivity index (χ0v) is 10.6. The Bertz CT molecular complexity index is 315. The number of anilines is 1. The number of aromatic nitrogens is 2. The monoisotopic (exact) mass is 221 g/mol. The van der Waals surface area contributed by atoms with Gasteiger partial charge in [0.25, 0.3) is 0 Å². The second kappa shape index (κ2) is 6.36. The number of nitrogens with one attached hydrogen (secondary N) is 1. The van der Waals surface area contributed by atoms with E-state index in [1.807, 2.05) is 17.0 Å². The molecule has 0 spiro atoms. The first kappa shape index (κ1) is 12.8. The van der Waals surface area contributed by atoms with Crippen molar-refractivity contribution in [1.82, 2.24) is 9.78 Å². The Morgan fingerprint density at radius 3 is 2.81 bits per heavy atom. The first-order chi connectivity index (χ1) is 7.67. The molecule has 1 unspecified atom stereocenters. The van der Waals surface area contributed by atoms with E-state index >= 15 is 0 Å². The second-order valence-corrected chi connectivity index (χ2v) is 4.42. The molecule has 0 aliphatic carbocycles. The summed E-state index contributed by atoms with van der Waals surface area (Å²) in [5.74, 6) is 0. The van der Waals surface area contributed by atoms with E-state index in [4.69, 9.17) is 0 Å². The summed E-state index contributed by atoms with van der Waals surface area (Å²) in [6, 6.07) is 0.937. The number of rotatable bonds is 7. The summed E-state index contributed by atoms with van der Waals surface area (Å²) in [6.07, 6.45) is 9.26. The second-order valence-electron chi connectivity index (χ2n) is 4.42. The van der Waals surface area contributed by atoms with E-state index in [0.717, 1.165) is 24.9 Å². The van der Waals surface area contributed by atoms with Gasteiger partial charge in [0.2, 0.25) is 0 Å². The van der Waals surface area contributed by atoms with Gasteiger partial charge in [0.1, 0.15) is 0 Å². The summed E-state index contributed by atoms with van der Waals surface area (Å²) in [5, 5.41) is 7.82. The molecule has 1 N–H and O–H groups in total. The largest absolute Gasteiger partial charge is 0.380 e. The first-order valence-electron chi connectivity index (χ1n) is 6.09. The van der Waals surface area contributed by atoms with Gasteiger partial charge in [0, 0.05) is 18.3 Å². The maximum Gasteiger partial charge on any atom is 0.0728 e. The van der Waals surface area contributed by atoms with Crippen LogP contribution in [0.3, 0.4) is 0 Å². The molecule has 0 saturated heterocycles. The summed E-state index contributed by atoms with van der Waals surface area (Å²) < 4.78 is 1.97. The molecule has 0 radical (unpaired) electrons. The Labute approximate surface area is 98.5 Å². The topological polar surface area (TPSA) is 29.9 Å². The van der Waals surface area contributed by atoms with Crippen LogP contribution < -0.4 is 5.32 Å². The van der Waals surface area contributed by atoms with Gasteiger partial charge >= 0.3 is 0 Å². The molecule has 0 bridgehead atoms. The fourth-order valence-corrected chi connectivity index (χ4v) is 1.63. The van der Waals surface area contributed by atoms with Crippen LogP contribution in [0.15, 0.2) is 25.0 Å². The fourth-order valence-electron chi connectivity index (χ4n) is 1.63. The van der Waals surface area contributed by atoms with Gasteiger partial charge in [-0.25, -0.2) is 0 Å². The molecule has 1 aromatic heterocycles. The Morgan fingerprint density at radius 1 is 1.56 bits per heavy atom. The third kappa shape index (κ3) is 3.72. The molecule has 0 aromatic carbocycles. The lowest BCUT2D eigenvalue weighted by atomic mass is 10.1. The molecule has 0 amide bonds. The van der Waals surface area contributed by atoms with Gasteiger partial charge in [0.05, 0.1) is 11.9 Å². The van der Waals surface area contributed by atoms with E-state index in [0.29, 0.717) is 12.1 Å². The molecule has 0 fully saturated rings. The summed E-state index contributed by atoms with van der Waals surface area (Å²) in [7, 11) is 0. The lowest BCUT2D eigenvalue weighted by Crippen LogP contribution is -2.17. The number of allylic oxidation sites excluding steroid dienone is 1. The van der Waals surface area contributed by atoms with E-state index in [1.165, 1.54) is 0 Å². The smallest absolute Gasteiger partial charge is 0.0728 e. The molecule has 3 nitrogen and oxygen atoms in total. The molecule has 1 atom stereocenters. The maximum atomic E-state index is 4.32. The molecule has 16 heavy (non-hydrogen) atoms. The summed E-state index contributed by atoms with van der Waals surface area (Å²) >= 11 is 0. The molecule has 1 rings (SSSR count). The van der Waals surface area contributed by atoms with E-state index < -0.39 is 0 Å². The zero-order valence-electron chi connectivity index (χ0n) is 10.6. The summed E-state index contributed by atoms with van der Waals surface area (Å²) in [5.41, 5.74) is 1.12. The van der Waals surface area contributed by atoms with Gasteiger partial charge < -0.3 is 5.32 Å². The van der Waals surface area contributed by atoms with Crippen molar-refractivity contribution < 1.29 is 0 Å². The van der Waals surface area contributed by atoms with Gasteiger partial charge in [-0.1, -0.05) is 13.0 Å². The van der Waals surface area contributed by atoms with E-state index in [2.05, 4.69) is 44.0 Å². The highest BCUT2D eigenvalue weighted by atomic mass is 15.3. The number of hydrogen-bond donors (Lipinski definition) is 1. The van der Waals surface area contributed by atoms with Crippen LogP contribution in [0.1, 0.15) is 46.1 Å². The van der Waals surface area contributed by atoms with Crippen LogP contribution in [0.5, 0.6) is 0 Å². The van der Waals surface area contributed by atoms with E-state index in [9.17, 15) is 0 Å². The summed E-state index contributed by atoms with van der Waals surface area (Å²) in [6.45, 7) is 10.2. The fraction of sp³-hybridized carbons (Fsp3) is 0.615. The number of nitrogens with zero attached hydrogens (tertiary/aromatic N) is 2. The zero-order chi connectivity index (χ0) is 12.0. The average Bonchev–Trinajstić information content (AvgIpc) is 2.72. The van der Waals surface area contributed by atoms with Crippen molar-refractivity contribution in [3.05, 3.63) is 25.0 Å². The lowest BCUT2D eigenvalue weighted by molar-refractivity contribution is 0.532. The quantitative estimate of drug-likeness (QED) is 0.713. The standard InChI is InChI=1S/C13H23N3/c1-5-7-8-12(6-2)15-13-9-14-16(10-13)11(3)4/h5,9-12,15H,1,6-8H2,2-4H3. The van der Waals surface area contributed by atoms with Crippen LogP contribution in [-0.2, 0) is 0 Å². The molecule has 1 heterocycles. The Kier molecular flexibility index (Phi) is 5.09. The van der Waals surface area contributed by atoms with Crippen LogP contribution in [-0.4, -0.2) is 15.8 Å². The first-order valence-corrected chi connectivity index (χ1v) is 6.09. The third-order valence-electron chi connectivity index (χ3n) is 2.71. The molecular weight excluding hydrogens is 198 g/mol. The highest BCUT2D eigenvalue weighted by molar-refractivity contribution is 5.39. The molecule has 3 heteroatoms. The minimum Gasteiger partial charge on any atom is -0.380 e. The van der Waals surface area contributed by atoms with Crippen LogP contribution in [0.2, 0.25) is 0 Å². The molecule has 90 valence electrons.